The molecule has 0 spiro atoms. The summed E-state index contributed by atoms with van der Waals surface area (Å²) in [6, 6.07) is 10.1. The molecule has 38 heavy (non-hydrogen) atoms. The molecule has 196 valence electrons. The largest absolute Gasteiger partial charge is 0.444 e. The van der Waals surface area contributed by atoms with Gasteiger partial charge in [-0.05, 0) is 59.2 Å². The number of nitrogens with one attached hydrogen (secondary N) is 1. The van der Waals surface area contributed by atoms with E-state index >= 15 is 0 Å². The Labute approximate surface area is 221 Å². The number of nitrogens with zero attached hydrogens (tertiary/aromatic N) is 7. The molecule has 10 heteroatoms. The van der Waals surface area contributed by atoms with Gasteiger partial charge in [0.25, 0.3) is 0 Å². The number of carbonyl (C=O) groups is 1. The van der Waals surface area contributed by atoms with Crippen LogP contribution < -0.4 is 5.32 Å². The van der Waals surface area contributed by atoms with Gasteiger partial charge in [0, 0.05) is 42.3 Å². The second-order valence-corrected chi connectivity index (χ2v) is 10.7. The van der Waals surface area contributed by atoms with E-state index in [1.807, 2.05) is 76.0 Å². The number of carbonyl (C=O) groups excluding carboxylic acids is 1. The molecule has 0 aliphatic carbocycles. The first kappa shape index (κ1) is 25.3. The molecule has 1 fully saturated rings. The van der Waals surface area contributed by atoms with Crippen molar-refractivity contribution in [1.29, 1.82) is 5.26 Å². The van der Waals surface area contributed by atoms with E-state index in [1.165, 1.54) is 0 Å². The minimum Gasteiger partial charge on any atom is -0.444 e. The van der Waals surface area contributed by atoms with Gasteiger partial charge in [0.1, 0.15) is 17.2 Å². The van der Waals surface area contributed by atoms with E-state index in [9.17, 15) is 10.1 Å². The topological polar surface area (TPSA) is 113 Å². The molecule has 0 bridgehead atoms. The van der Waals surface area contributed by atoms with Crippen LogP contribution >= 0.6 is 0 Å². The Morgan fingerprint density at radius 2 is 2.08 bits per heavy atom. The maximum atomic E-state index is 12.6. The minimum atomic E-state index is -0.527. The van der Waals surface area contributed by atoms with Crippen molar-refractivity contribution in [2.24, 2.45) is 0 Å². The van der Waals surface area contributed by atoms with E-state index in [0.717, 1.165) is 34.6 Å². The van der Waals surface area contributed by atoms with Gasteiger partial charge in [-0.15, -0.1) is 0 Å². The van der Waals surface area contributed by atoms with Crippen LogP contribution in [0.5, 0.6) is 0 Å². The van der Waals surface area contributed by atoms with Gasteiger partial charge < -0.3 is 15.0 Å². The van der Waals surface area contributed by atoms with Crippen LogP contribution in [0.1, 0.15) is 63.2 Å². The summed E-state index contributed by atoms with van der Waals surface area (Å²) in [6.07, 6.45) is 7.63. The van der Waals surface area contributed by atoms with Crippen LogP contribution in [-0.2, 0) is 4.74 Å². The number of anilines is 1. The molecule has 5 rings (SSSR count). The number of rotatable bonds is 5. The fourth-order valence-corrected chi connectivity index (χ4v) is 4.91. The zero-order chi connectivity index (χ0) is 27.0. The summed E-state index contributed by atoms with van der Waals surface area (Å²) >= 11 is 0. The lowest BCUT2D eigenvalue weighted by atomic mass is 10.1. The number of ether oxygens (including phenoxy) is 1. The molecule has 4 aromatic rings. The number of nitriles is 1. The van der Waals surface area contributed by atoms with E-state index in [0.29, 0.717) is 24.2 Å². The predicted molar refractivity (Wildman–Crippen MR) is 144 cm³/mol. The molecule has 2 atom stereocenters. The quantitative estimate of drug-likeness (QED) is 0.394. The Bertz CT molecular complexity index is 1510. The van der Waals surface area contributed by atoms with Crippen LogP contribution in [0.25, 0.3) is 16.6 Å². The fourth-order valence-electron chi connectivity index (χ4n) is 4.91. The van der Waals surface area contributed by atoms with Gasteiger partial charge >= 0.3 is 6.09 Å². The number of amides is 1. The van der Waals surface area contributed by atoms with Crippen LogP contribution in [0, 0.1) is 18.3 Å². The van der Waals surface area contributed by atoms with Gasteiger partial charge in [-0.25, -0.2) is 9.31 Å². The van der Waals surface area contributed by atoms with Crippen molar-refractivity contribution in [3.05, 3.63) is 66.0 Å². The van der Waals surface area contributed by atoms with Gasteiger partial charge in [-0.2, -0.15) is 15.5 Å². The van der Waals surface area contributed by atoms with Gasteiger partial charge in [0.2, 0.25) is 0 Å². The molecule has 0 radical (unpaired) electrons. The van der Waals surface area contributed by atoms with Crippen molar-refractivity contribution in [1.82, 2.24) is 29.3 Å². The lowest BCUT2D eigenvalue weighted by Crippen LogP contribution is -2.35. The van der Waals surface area contributed by atoms with Crippen LogP contribution in [0.15, 0.2) is 49.1 Å². The van der Waals surface area contributed by atoms with E-state index < -0.39 is 5.60 Å². The second kappa shape index (κ2) is 9.82. The number of hydrogen-bond donors (Lipinski definition) is 1. The average Bonchev–Trinajstić information content (AvgIpc) is 3.61. The summed E-state index contributed by atoms with van der Waals surface area (Å²) in [4.78, 5) is 18.8. The van der Waals surface area contributed by atoms with Crippen LogP contribution in [0.2, 0.25) is 0 Å². The Balaban J connectivity index is 1.45. The molecular weight excluding hydrogens is 480 g/mol. The standard InChI is InChI=1S/C28H32N8O2/c1-18(24-8-6-7-10-30-24)33-25-12-20(16-35-26(25)21(13-29)14-31-35)23-15-32-36(19(23)2)22-9-11-34(17-22)27(37)38-28(3,4)5/h6-8,10,12,14-16,18,22,33H,9,11,17H2,1-5H3/t18-,22+/m1/s1. The number of likely N-dealkylation sites (tertiary alicyclic amines) is 1. The zero-order valence-electron chi connectivity index (χ0n) is 22.3. The Hall–Kier alpha value is -4.39. The van der Waals surface area contributed by atoms with Gasteiger partial charge in [-0.3, -0.25) is 9.67 Å². The summed E-state index contributed by atoms with van der Waals surface area (Å²) < 4.78 is 9.28. The molecule has 4 aromatic heterocycles. The third kappa shape index (κ3) is 4.92. The van der Waals surface area contributed by atoms with E-state index in [4.69, 9.17) is 9.84 Å². The third-order valence-corrected chi connectivity index (χ3v) is 6.75. The van der Waals surface area contributed by atoms with Crippen LogP contribution in [0.3, 0.4) is 0 Å². The summed E-state index contributed by atoms with van der Waals surface area (Å²) in [6.45, 7) is 10.9. The van der Waals surface area contributed by atoms with Crippen molar-refractivity contribution in [2.75, 3.05) is 18.4 Å². The van der Waals surface area contributed by atoms with Crippen molar-refractivity contribution in [3.8, 4) is 17.2 Å². The molecule has 10 nitrogen and oxygen atoms in total. The highest BCUT2D eigenvalue weighted by molar-refractivity contribution is 5.83. The van der Waals surface area contributed by atoms with Crippen molar-refractivity contribution in [3.63, 3.8) is 0 Å². The average molecular weight is 513 g/mol. The van der Waals surface area contributed by atoms with Gasteiger partial charge in [0.15, 0.2) is 0 Å². The van der Waals surface area contributed by atoms with Crippen LogP contribution in [-0.4, -0.2) is 54.1 Å². The molecule has 0 aromatic carbocycles. The molecule has 0 unspecified atom stereocenters. The Morgan fingerprint density at radius 3 is 2.79 bits per heavy atom. The predicted octanol–water partition coefficient (Wildman–Crippen LogP) is 5.13. The summed E-state index contributed by atoms with van der Waals surface area (Å²) in [7, 11) is 0. The molecule has 1 aliphatic heterocycles. The zero-order valence-corrected chi connectivity index (χ0v) is 22.3. The highest BCUT2D eigenvalue weighted by atomic mass is 16.6. The molecule has 1 saturated heterocycles. The molecule has 0 saturated carbocycles. The first-order valence-electron chi connectivity index (χ1n) is 12.8. The number of pyridine rings is 2. The summed E-state index contributed by atoms with van der Waals surface area (Å²) in [5.41, 5.74) is 5.25. The first-order chi connectivity index (χ1) is 18.1. The normalized spacial score (nSPS) is 16.4. The maximum Gasteiger partial charge on any atom is 0.410 e. The SMILES string of the molecule is Cc1c(-c2cc(N[C@H](C)c3ccccn3)c3c(C#N)cnn3c2)cnn1[C@H]1CCN(C(=O)OC(C)(C)C)C1. The Kier molecular flexibility index (Phi) is 6.53. The summed E-state index contributed by atoms with van der Waals surface area (Å²) in [5.74, 6) is 0. The molecule has 5 heterocycles. The lowest BCUT2D eigenvalue weighted by molar-refractivity contribution is 0.0288. The molecule has 1 aliphatic rings. The maximum absolute atomic E-state index is 12.6. The highest BCUT2D eigenvalue weighted by Gasteiger charge is 2.32. The third-order valence-electron chi connectivity index (χ3n) is 6.75. The minimum absolute atomic E-state index is 0.0664. The highest BCUT2D eigenvalue weighted by Crippen LogP contribution is 2.34. The molecular formula is C28H32N8O2. The molecule has 1 amide bonds. The van der Waals surface area contributed by atoms with Crippen molar-refractivity contribution >= 4 is 17.3 Å². The van der Waals surface area contributed by atoms with Crippen LogP contribution in [0.4, 0.5) is 10.5 Å². The second-order valence-electron chi connectivity index (χ2n) is 10.7. The fraction of sp³-hybridized carbons (Fsp3) is 0.393. The first-order valence-corrected chi connectivity index (χ1v) is 12.8. The number of hydrogen-bond acceptors (Lipinski definition) is 7. The van der Waals surface area contributed by atoms with Gasteiger partial charge in [0.05, 0.1) is 41.4 Å². The Morgan fingerprint density at radius 1 is 1.26 bits per heavy atom. The number of fused-ring (bicyclic) bond motifs is 1. The summed E-state index contributed by atoms with van der Waals surface area (Å²) in [5, 5.41) is 22.4. The van der Waals surface area contributed by atoms with Crippen molar-refractivity contribution < 1.29 is 9.53 Å². The van der Waals surface area contributed by atoms with E-state index in [1.54, 1.807) is 21.8 Å². The van der Waals surface area contributed by atoms with Gasteiger partial charge in [-0.1, -0.05) is 6.07 Å². The number of aromatic nitrogens is 5. The monoisotopic (exact) mass is 512 g/mol. The lowest BCUT2D eigenvalue weighted by Gasteiger charge is -2.24. The van der Waals surface area contributed by atoms with E-state index in [-0.39, 0.29) is 18.2 Å². The smallest absolute Gasteiger partial charge is 0.410 e. The van der Waals surface area contributed by atoms with Crippen molar-refractivity contribution in [2.45, 2.75) is 58.7 Å². The van der Waals surface area contributed by atoms with E-state index in [2.05, 4.69) is 21.5 Å². The molecule has 1 N–H and O–H groups in total.